The van der Waals surface area contributed by atoms with Crippen LogP contribution in [0.3, 0.4) is 0 Å². The van der Waals surface area contributed by atoms with E-state index in [1.807, 2.05) is 13.0 Å². The van der Waals surface area contributed by atoms with Crippen molar-refractivity contribution in [2.75, 3.05) is 4.72 Å². The van der Waals surface area contributed by atoms with Gasteiger partial charge in [-0.2, -0.15) is 13.1 Å². The maximum absolute atomic E-state index is 11.2. The zero-order chi connectivity index (χ0) is 10.3. The summed E-state index contributed by atoms with van der Waals surface area (Å²) in [4.78, 5) is 0. The molecule has 76 valence electrons. The molecule has 1 atom stereocenters. The zero-order valence-electron chi connectivity index (χ0n) is 7.61. The molecule has 1 heterocycles. The van der Waals surface area contributed by atoms with Crippen LogP contribution in [0.2, 0.25) is 0 Å². The molecule has 0 aromatic heterocycles. The summed E-state index contributed by atoms with van der Waals surface area (Å²) in [5, 5.41) is 0. The average Bonchev–Trinajstić information content (AvgIpc) is 2.00. The molecule has 0 bridgehead atoms. The molecule has 0 saturated carbocycles. The molecule has 0 aliphatic carbocycles. The Morgan fingerprint density at radius 2 is 2.14 bits per heavy atom. The topological polar surface area (TPSA) is 84.2 Å². The zero-order valence-corrected chi connectivity index (χ0v) is 8.43. The Morgan fingerprint density at radius 1 is 1.43 bits per heavy atom. The van der Waals surface area contributed by atoms with Gasteiger partial charge in [0.15, 0.2) is 0 Å². The predicted molar refractivity (Wildman–Crippen MR) is 53.8 cm³/mol. The predicted octanol–water partition coefficient (Wildman–Crippen LogP) is 0.212. The minimum Gasteiger partial charge on any atom is -0.311 e. The molecule has 4 N–H and O–H groups in total. The molecule has 0 amide bonds. The monoisotopic (exact) mass is 213 g/mol. The lowest BCUT2D eigenvalue weighted by Gasteiger charge is -2.26. The molecule has 2 rings (SSSR count). The molecule has 0 saturated heterocycles. The van der Waals surface area contributed by atoms with E-state index in [-0.39, 0.29) is 0 Å². The van der Waals surface area contributed by atoms with Crippen LogP contribution in [0.15, 0.2) is 18.2 Å². The largest absolute Gasteiger partial charge is 0.311 e. The molecule has 5 nitrogen and oxygen atoms in total. The van der Waals surface area contributed by atoms with Gasteiger partial charge < -0.3 is 5.73 Å². The minimum atomic E-state index is -3.49. The fourth-order valence-electron chi connectivity index (χ4n) is 1.58. The number of fused-ring (bicyclic) bond motifs is 1. The number of anilines is 1. The van der Waals surface area contributed by atoms with Crippen LogP contribution in [-0.2, 0) is 10.2 Å². The van der Waals surface area contributed by atoms with Crippen LogP contribution in [-0.4, -0.2) is 8.42 Å². The van der Waals surface area contributed by atoms with E-state index in [1.54, 1.807) is 12.1 Å². The van der Waals surface area contributed by atoms with Crippen molar-refractivity contribution in [3.8, 4) is 0 Å². The summed E-state index contributed by atoms with van der Waals surface area (Å²) in [6.07, 6.45) is -0.669. The van der Waals surface area contributed by atoms with Crippen LogP contribution >= 0.6 is 0 Å². The molecular formula is C8H11N3O2S. The first-order chi connectivity index (χ1) is 6.49. The Labute approximate surface area is 82.5 Å². The Hall–Kier alpha value is -1.11. The van der Waals surface area contributed by atoms with Crippen LogP contribution < -0.4 is 15.2 Å². The summed E-state index contributed by atoms with van der Waals surface area (Å²) in [6.45, 7) is 1.89. The molecule has 1 aliphatic rings. The Morgan fingerprint density at radius 3 is 2.86 bits per heavy atom. The van der Waals surface area contributed by atoms with Gasteiger partial charge in [0.25, 0.3) is 0 Å². The summed E-state index contributed by atoms with van der Waals surface area (Å²) < 4.78 is 27.1. The second-order valence-electron chi connectivity index (χ2n) is 3.24. The van der Waals surface area contributed by atoms with Crippen molar-refractivity contribution in [3.63, 3.8) is 0 Å². The van der Waals surface area contributed by atoms with Crippen molar-refractivity contribution in [2.24, 2.45) is 5.73 Å². The lowest BCUT2D eigenvalue weighted by atomic mass is 10.0. The molecule has 0 spiro atoms. The van der Waals surface area contributed by atoms with Crippen LogP contribution in [0.4, 0.5) is 5.69 Å². The van der Waals surface area contributed by atoms with Crippen molar-refractivity contribution >= 4 is 15.9 Å². The molecule has 0 radical (unpaired) electrons. The third kappa shape index (κ3) is 1.47. The van der Waals surface area contributed by atoms with Crippen molar-refractivity contribution in [1.82, 2.24) is 4.72 Å². The van der Waals surface area contributed by atoms with E-state index in [2.05, 4.69) is 9.44 Å². The van der Waals surface area contributed by atoms with Crippen LogP contribution in [0.5, 0.6) is 0 Å². The van der Waals surface area contributed by atoms with Gasteiger partial charge in [-0.3, -0.25) is 4.72 Å². The van der Waals surface area contributed by atoms with E-state index < -0.39 is 16.4 Å². The quantitative estimate of drug-likeness (QED) is 0.576. The normalized spacial score (nSPS) is 23.7. The Bertz CT molecular complexity index is 469. The van der Waals surface area contributed by atoms with Gasteiger partial charge in [-0.15, -0.1) is 0 Å². The second kappa shape index (κ2) is 2.94. The second-order valence-corrected chi connectivity index (χ2v) is 4.68. The van der Waals surface area contributed by atoms with Gasteiger partial charge in [0, 0.05) is 5.56 Å². The van der Waals surface area contributed by atoms with E-state index in [4.69, 9.17) is 5.73 Å². The standard InChI is InChI=1S/C8H11N3O2S/c1-5-3-2-4-6-7(5)8(9)11-14(12,13)10-6/h2-4,8,10-11H,9H2,1H3. The van der Waals surface area contributed by atoms with Gasteiger partial charge >= 0.3 is 10.2 Å². The maximum Gasteiger partial charge on any atom is 0.300 e. The first kappa shape index (κ1) is 9.45. The number of benzene rings is 1. The summed E-state index contributed by atoms with van der Waals surface area (Å²) in [6, 6.07) is 5.37. The number of nitrogens with two attached hydrogens (primary N) is 1. The molecular weight excluding hydrogens is 202 g/mol. The smallest absolute Gasteiger partial charge is 0.300 e. The molecule has 14 heavy (non-hydrogen) atoms. The van der Waals surface area contributed by atoms with E-state index in [0.717, 1.165) is 11.1 Å². The summed E-state index contributed by atoms with van der Waals surface area (Å²) in [7, 11) is -3.49. The average molecular weight is 213 g/mol. The highest BCUT2D eigenvalue weighted by Crippen LogP contribution is 2.28. The van der Waals surface area contributed by atoms with Crippen molar-refractivity contribution in [1.29, 1.82) is 0 Å². The van der Waals surface area contributed by atoms with Gasteiger partial charge in [-0.25, -0.2) is 0 Å². The molecule has 1 aliphatic heterocycles. The molecule has 1 unspecified atom stereocenters. The number of nitrogens with one attached hydrogen (secondary N) is 2. The number of rotatable bonds is 0. The highest BCUT2D eigenvalue weighted by molar-refractivity contribution is 7.90. The highest BCUT2D eigenvalue weighted by atomic mass is 32.2. The number of hydrogen-bond donors (Lipinski definition) is 3. The molecule has 0 fully saturated rings. The lowest BCUT2D eigenvalue weighted by molar-refractivity contribution is 0.561. The van der Waals surface area contributed by atoms with Crippen molar-refractivity contribution < 1.29 is 8.42 Å². The van der Waals surface area contributed by atoms with Crippen LogP contribution in [0.25, 0.3) is 0 Å². The number of hydrogen-bond acceptors (Lipinski definition) is 3. The summed E-state index contributed by atoms with van der Waals surface area (Å²) in [5.41, 5.74) is 8.00. The Balaban J connectivity index is 2.61. The van der Waals surface area contributed by atoms with Gasteiger partial charge in [-0.1, -0.05) is 12.1 Å². The first-order valence-electron chi connectivity index (χ1n) is 4.15. The maximum atomic E-state index is 11.2. The molecule has 1 aromatic rings. The fourth-order valence-corrected chi connectivity index (χ4v) is 2.56. The fraction of sp³-hybridized carbons (Fsp3) is 0.250. The van der Waals surface area contributed by atoms with Crippen molar-refractivity contribution in [2.45, 2.75) is 13.1 Å². The summed E-state index contributed by atoms with van der Waals surface area (Å²) in [5.74, 6) is 0. The van der Waals surface area contributed by atoms with Gasteiger partial charge in [0.2, 0.25) is 0 Å². The van der Waals surface area contributed by atoms with E-state index >= 15 is 0 Å². The van der Waals surface area contributed by atoms with Gasteiger partial charge in [0.1, 0.15) is 0 Å². The van der Waals surface area contributed by atoms with E-state index in [9.17, 15) is 8.42 Å². The first-order valence-corrected chi connectivity index (χ1v) is 5.63. The third-order valence-corrected chi connectivity index (χ3v) is 3.21. The van der Waals surface area contributed by atoms with Gasteiger partial charge in [0.05, 0.1) is 11.9 Å². The third-order valence-electron chi connectivity index (χ3n) is 2.16. The van der Waals surface area contributed by atoms with Crippen LogP contribution in [0.1, 0.15) is 17.3 Å². The molecule has 1 aromatic carbocycles. The van der Waals surface area contributed by atoms with Gasteiger partial charge in [-0.05, 0) is 18.6 Å². The van der Waals surface area contributed by atoms with E-state index in [1.165, 1.54) is 0 Å². The van der Waals surface area contributed by atoms with Crippen LogP contribution in [0, 0.1) is 6.92 Å². The van der Waals surface area contributed by atoms with Crippen molar-refractivity contribution in [3.05, 3.63) is 29.3 Å². The summed E-state index contributed by atoms with van der Waals surface area (Å²) >= 11 is 0. The highest BCUT2D eigenvalue weighted by Gasteiger charge is 2.26. The lowest BCUT2D eigenvalue weighted by Crippen LogP contribution is -2.42. The number of aryl methyl sites for hydroxylation is 1. The van der Waals surface area contributed by atoms with E-state index in [0.29, 0.717) is 5.69 Å². The molecule has 6 heteroatoms. The minimum absolute atomic E-state index is 0.552. The SMILES string of the molecule is Cc1cccc2c1C(N)NS(=O)(=O)N2. The Kier molecular flexibility index (Phi) is 1.99.